The van der Waals surface area contributed by atoms with E-state index in [0.717, 1.165) is 22.6 Å². The minimum Gasteiger partial charge on any atom is -0.497 e. The largest absolute Gasteiger partial charge is 0.497 e. The van der Waals surface area contributed by atoms with Crippen molar-refractivity contribution in [3.05, 3.63) is 59.7 Å². The summed E-state index contributed by atoms with van der Waals surface area (Å²) in [5.41, 5.74) is 2.05. The van der Waals surface area contributed by atoms with Crippen LogP contribution < -0.4 is 20.1 Å². The van der Waals surface area contributed by atoms with Crippen molar-refractivity contribution in [2.75, 3.05) is 27.3 Å². The highest BCUT2D eigenvalue weighted by Crippen LogP contribution is 2.24. The summed E-state index contributed by atoms with van der Waals surface area (Å²) in [5, 5.41) is 5.45. The first kappa shape index (κ1) is 20.3. The van der Waals surface area contributed by atoms with Crippen molar-refractivity contribution >= 4 is 11.8 Å². The number of carbonyl (C=O) groups is 2. The van der Waals surface area contributed by atoms with Crippen molar-refractivity contribution in [1.82, 2.24) is 10.6 Å². The van der Waals surface area contributed by atoms with Crippen LogP contribution in [0.1, 0.15) is 17.5 Å². The predicted molar refractivity (Wildman–Crippen MR) is 104 cm³/mol. The molecule has 2 aromatic carbocycles. The van der Waals surface area contributed by atoms with E-state index in [4.69, 9.17) is 9.47 Å². The summed E-state index contributed by atoms with van der Waals surface area (Å²) in [5.74, 6) is 1.13. The number of hydrogen-bond acceptors (Lipinski definition) is 4. The molecule has 2 aromatic rings. The Kier molecular flexibility index (Phi) is 8.16. The monoisotopic (exact) mass is 370 g/mol. The highest BCUT2D eigenvalue weighted by Gasteiger charge is 2.08. The molecule has 0 spiro atoms. The Balaban J connectivity index is 1.68. The lowest BCUT2D eigenvalue weighted by Gasteiger charge is -2.11. The van der Waals surface area contributed by atoms with Gasteiger partial charge >= 0.3 is 0 Å². The second-order valence-electron chi connectivity index (χ2n) is 6.04. The van der Waals surface area contributed by atoms with Crippen LogP contribution in [0.4, 0.5) is 0 Å². The third kappa shape index (κ3) is 7.01. The fourth-order valence-corrected chi connectivity index (χ4v) is 2.65. The lowest BCUT2D eigenvalue weighted by molar-refractivity contribution is -0.126. The van der Waals surface area contributed by atoms with E-state index < -0.39 is 0 Å². The van der Waals surface area contributed by atoms with E-state index in [1.807, 2.05) is 48.5 Å². The molecule has 0 saturated heterocycles. The molecule has 0 atom stereocenters. The standard InChI is InChI=1S/C21H26N2O4/c1-26-18-9-10-19(27-2)17(14-18)12-13-22-21(25)15-23-20(24)11-8-16-6-4-3-5-7-16/h3-7,9-10,14H,8,11-13,15H2,1-2H3,(H,22,25)(H,23,24). The van der Waals surface area contributed by atoms with Gasteiger partial charge in [0, 0.05) is 13.0 Å². The van der Waals surface area contributed by atoms with Gasteiger partial charge in [0.15, 0.2) is 0 Å². The molecule has 0 bridgehead atoms. The maximum Gasteiger partial charge on any atom is 0.239 e. The second kappa shape index (κ2) is 10.9. The molecule has 0 saturated carbocycles. The summed E-state index contributed by atoms with van der Waals surface area (Å²) < 4.78 is 10.5. The Bertz CT molecular complexity index is 747. The van der Waals surface area contributed by atoms with E-state index in [1.165, 1.54) is 0 Å². The number of aryl methyl sites for hydroxylation is 1. The molecule has 0 aliphatic heterocycles. The first-order valence-electron chi connectivity index (χ1n) is 8.90. The predicted octanol–water partition coefficient (Wildman–Crippen LogP) is 2.11. The third-order valence-corrected chi connectivity index (χ3v) is 4.13. The Hall–Kier alpha value is -3.02. The van der Waals surface area contributed by atoms with Crippen LogP contribution in [0.2, 0.25) is 0 Å². The van der Waals surface area contributed by atoms with Gasteiger partial charge in [-0.2, -0.15) is 0 Å². The second-order valence-corrected chi connectivity index (χ2v) is 6.04. The summed E-state index contributed by atoms with van der Waals surface area (Å²) in [4.78, 5) is 23.8. The van der Waals surface area contributed by atoms with Gasteiger partial charge in [-0.25, -0.2) is 0 Å². The van der Waals surface area contributed by atoms with Gasteiger partial charge in [0.1, 0.15) is 11.5 Å². The summed E-state index contributed by atoms with van der Waals surface area (Å²) in [7, 11) is 3.21. The van der Waals surface area contributed by atoms with Crippen LogP contribution in [0.3, 0.4) is 0 Å². The van der Waals surface area contributed by atoms with Gasteiger partial charge in [0.2, 0.25) is 11.8 Å². The first-order chi connectivity index (χ1) is 13.1. The van der Waals surface area contributed by atoms with Crippen molar-refractivity contribution in [1.29, 1.82) is 0 Å². The molecule has 0 unspecified atom stereocenters. The summed E-state index contributed by atoms with van der Waals surface area (Å²) >= 11 is 0. The number of hydrogen-bond donors (Lipinski definition) is 2. The minimum absolute atomic E-state index is 0.0249. The highest BCUT2D eigenvalue weighted by atomic mass is 16.5. The summed E-state index contributed by atoms with van der Waals surface area (Å²) in [6.45, 7) is 0.422. The lowest BCUT2D eigenvalue weighted by Crippen LogP contribution is -2.37. The molecule has 0 heterocycles. The quantitative estimate of drug-likeness (QED) is 0.672. The molecule has 27 heavy (non-hydrogen) atoms. The molecular weight excluding hydrogens is 344 g/mol. The van der Waals surface area contributed by atoms with Crippen molar-refractivity contribution in [2.24, 2.45) is 0 Å². The first-order valence-corrected chi connectivity index (χ1v) is 8.90. The van der Waals surface area contributed by atoms with Crippen molar-refractivity contribution in [3.8, 4) is 11.5 Å². The van der Waals surface area contributed by atoms with Gasteiger partial charge in [-0.15, -0.1) is 0 Å². The molecule has 2 rings (SSSR count). The number of methoxy groups -OCH3 is 2. The summed E-state index contributed by atoms with van der Waals surface area (Å²) in [6, 6.07) is 15.3. The van der Waals surface area contributed by atoms with Gasteiger partial charge < -0.3 is 20.1 Å². The molecule has 0 aliphatic rings. The minimum atomic E-state index is -0.218. The van der Waals surface area contributed by atoms with Crippen LogP contribution in [-0.4, -0.2) is 39.1 Å². The molecule has 2 amide bonds. The van der Waals surface area contributed by atoms with Gasteiger partial charge in [-0.3, -0.25) is 9.59 Å². The fraction of sp³-hybridized carbons (Fsp3) is 0.333. The fourth-order valence-electron chi connectivity index (χ4n) is 2.65. The molecule has 6 heteroatoms. The van der Waals surface area contributed by atoms with Crippen LogP contribution >= 0.6 is 0 Å². The van der Waals surface area contributed by atoms with E-state index in [2.05, 4.69) is 10.6 Å². The molecule has 0 aliphatic carbocycles. The number of carbonyl (C=O) groups excluding carboxylic acids is 2. The zero-order valence-electron chi connectivity index (χ0n) is 15.8. The van der Waals surface area contributed by atoms with Gasteiger partial charge in [-0.1, -0.05) is 30.3 Å². The van der Waals surface area contributed by atoms with Crippen LogP contribution in [-0.2, 0) is 22.4 Å². The molecule has 0 radical (unpaired) electrons. The Morgan fingerprint density at radius 1 is 0.889 bits per heavy atom. The Morgan fingerprint density at radius 2 is 1.67 bits per heavy atom. The zero-order valence-corrected chi connectivity index (χ0v) is 15.8. The van der Waals surface area contributed by atoms with Crippen molar-refractivity contribution in [2.45, 2.75) is 19.3 Å². The van der Waals surface area contributed by atoms with Gasteiger partial charge in [-0.05, 0) is 42.2 Å². The van der Waals surface area contributed by atoms with Crippen LogP contribution in [0.15, 0.2) is 48.5 Å². The van der Waals surface area contributed by atoms with Crippen molar-refractivity contribution < 1.29 is 19.1 Å². The molecule has 0 aromatic heterocycles. The van der Waals surface area contributed by atoms with Crippen LogP contribution in [0.25, 0.3) is 0 Å². The van der Waals surface area contributed by atoms with E-state index >= 15 is 0 Å². The highest BCUT2D eigenvalue weighted by molar-refractivity contribution is 5.84. The number of ether oxygens (including phenoxy) is 2. The maximum atomic E-state index is 11.9. The maximum absolute atomic E-state index is 11.9. The summed E-state index contributed by atoms with van der Waals surface area (Å²) in [6.07, 6.45) is 1.62. The average Bonchev–Trinajstić information content (AvgIpc) is 2.71. The van der Waals surface area contributed by atoms with E-state index in [0.29, 0.717) is 25.8 Å². The number of nitrogens with one attached hydrogen (secondary N) is 2. The smallest absolute Gasteiger partial charge is 0.239 e. The Labute approximate surface area is 159 Å². The SMILES string of the molecule is COc1ccc(OC)c(CCNC(=O)CNC(=O)CCc2ccccc2)c1. The molecule has 144 valence electrons. The van der Waals surface area contributed by atoms with E-state index in [-0.39, 0.29) is 18.4 Å². The lowest BCUT2D eigenvalue weighted by atomic mass is 10.1. The normalized spacial score (nSPS) is 10.1. The molecule has 6 nitrogen and oxygen atoms in total. The van der Waals surface area contributed by atoms with Crippen molar-refractivity contribution in [3.63, 3.8) is 0 Å². The van der Waals surface area contributed by atoms with E-state index in [1.54, 1.807) is 14.2 Å². The third-order valence-electron chi connectivity index (χ3n) is 4.13. The Morgan fingerprint density at radius 3 is 2.37 bits per heavy atom. The zero-order chi connectivity index (χ0) is 19.5. The van der Waals surface area contributed by atoms with E-state index in [9.17, 15) is 9.59 Å². The number of amides is 2. The van der Waals surface area contributed by atoms with Crippen LogP contribution in [0.5, 0.6) is 11.5 Å². The van der Waals surface area contributed by atoms with Crippen LogP contribution in [0, 0.1) is 0 Å². The average molecular weight is 370 g/mol. The topological polar surface area (TPSA) is 76.7 Å². The van der Waals surface area contributed by atoms with Gasteiger partial charge in [0.25, 0.3) is 0 Å². The van der Waals surface area contributed by atoms with Gasteiger partial charge in [0.05, 0.1) is 20.8 Å². The molecular formula is C21H26N2O4. The molecule has 0 fully saturated rings. The molecule has 2 N–H and O–H groups in total. The number of benzene rings is 2. The number of rotatable bonds is 10.